The zero-order valence-electron chi connectivity index (χ0n) is 11.2. The third-order valence-electron chi connectivity index (χ3n) is 3.48. The Morgan fingerprint density at radius 1 is 1.25 bits per heavy atom. The molecule has 1 aliphatic rings. The second kappa shape index (κ2) is 6.61. The highest BCUT2D eigenvalue weighted by molar-refractivity contribution is 7.80. The maximum atomic E-state index is 5.75. The Morgan fingerprint density at radius 3 is 2.75 bits per heavy atom. The van der Waals surface area contributed by atoms with Crippen molar-refractivity contribution >= 4 is 24.0 Å². The number of nitrogens with zero attached hydrogens (tertiary/aromatic N) is 1. The molecular weight excluding hydrogens is 288 g/mol. The van der Waals surface area contributed by atoms with Crippen LogP contribution < -0.4 is 10.1 Å². The van der Waals surface area contributed by atoms with E-state index in [1.165, 1.54) is 17.8 Å². The molecule has 3 rings (SSSR count). The van der Waals surface area contributed by atoms with Crippen molar-refractivity contribution in [3.8, 4) is 5.75 Å². The van der Waals surface area contributed by atoms with Crippen LogP contribution in [0.2, 0.25) is 0 Å². The average Bonchev–Trinajstić information content (AvgIpc) is 2.97. The van der Waals surface area contributed by atoms with Gasteiger partial charge in [-0.3, -0.25) is 0 Å². The van der Waals surface area contributed by atoms with Crippen LogP contribution in [0, 0.1) is 0 Å². The molecule has 0 saturated carbocycles. The molecule has 20 heavy (non-hydrogen) atoms. The third-order valence-corrected chi connectivity index (χ3v) is 4.84. The zero-order chi connectivity index (χ0) is 13.8. The van der Waals surface area contributed by atoms with E-state index in [4.69, 9.17) is 9.72 Å². The minimum absolute atomic E-state index is 0.535. The van der Waals surface area contributed by atoms with Crippen LogP contribution >= 0.6 is 24.0 Å². The van der Waals surface area contributed by atoms with Crippen molar-refractivity contribution in [2.24, 2.45) is 0 Å². The molecule has 3 nitrogen and oxygen atoms in total. The van der Waals surface area contributed by atoms with Gasteiger partial charge >= 0.3 is 0 Å². The molecule has 1 N–H and O–H groups in total. The Labute approximate surface area is 128 Å². The third kappa shape index (κ3) is 3.53. The minimum Gasteiger partial charge on any atom is -0.487 e. The molecule has 1 fully saturated rings. The normalized spacial score (nSPS) is 16.2. The van der Waals surface area contributed by atoms with Crippen LogP contribution in [-0.2, 0) is 6.61 Å². The van der Waals surface area contributed by atoms with Gasteiger partial charge in [-0.1, -0.05) is 0 Å². The first-order chi connectivity index (χ1) is 9.81. The van der Waals surface area contributed by atoms with Crippen molar-refractivity contribution in [3.05, 3.63) is 40.3 Å². The van der Waals surface area contributed by atoms with E-state index in [-0.39, 0.29) is 0 Å². The van der Waals surface area contributed by atoms with Crippen molar-refractivity contribution in [1.82, 2.24) is 10.3 Å². The first-order valence-corrected chi connectivity index (χ1v) is 8.21. The molecule has 1 saturated heterocycles. The molecule has 106 valence electrons. The van der Waals surface area contributed by atoms with Crippen LogP contribution in [0.1, 0.15) is 29.5 Å². The maximum Gasteiger partial charge on any atom is 0.131 e. The lowest BCUT2D eigenvalue weighted by Gasteiger charge is -2.20. The van der Waals surface area contributed by atoms with Gasteiger partial charge in [0.15, 0.2) is 0 Å². The molecule has 0 amide bonds. The summed E-state index contributed by atoms with van der Waals surface area (Å²) in [5.41, 5.74) is 1.03. The highest BCUT2D eigenvalue weighted by atomic mass is 32.1. The van der Waals surface area contributed by atoms with Crippen LogP contribution in [0.15, 0.2) is 34.5 Å². The van der Waals surface area contributed by atoms with Crippen molar-refractivity contribution in [2.75, 3.05) is 13.1 Å². The van der Waals surface area contributed by atoms with Crippen LogP contribution in [0.4, 0.5) is 0 Å². The average molecular weight is 306 g/mol. The zero-order valence-corrected chi connectivity index (χ0v) is 12.9. The van der Waals surface area contributed by atoms with Gasteiger partial charge in [-0.05, 0) is 50.2 Å². The van der Waals surface area contributed by atoms with E-state index < -0.39 is 0 Å². The highest BCUT2D eigenvalue weighted by Crippen LogP contribution is 2.28. The molecule has 0 aliphatic carbocycles. The van der Waals surface area contributed by atoms with E-state index in [2.05, 4.69) is 23.3 Å². The van der Waals surface area contributed by atoms with E-state index in [9.17, 15) is 0 Å². The quantitative estimate of drug-likeness (QED) is 0.849. The van der Waals surface area contributed by atoms with Gasteiger partial charge < -0.3 is 10.1 Å². The highest BCUT2D eigenvalue weighted by Gasteiger charge is 2.18. The number of aromatic nitrogens is 1. The number of hydrogen-bond donors (Lipinski definition) is 2. The monoisotopic (exact) mass is 306 g/mol. The number of ether oxygens (including phenoxy) is 1. The maximum absolute atomic E-state index is 5.75. The first-order valence-electron chi connectivity index (χ1n) is 6.88. The summed E-state index contributed by atoms with van der Waals surface area (Å²) in [5.74, 6) is 1.48. The number of benzene rings is 1. The lowest BCUT2D eigenvalue weighted by Crippen LogP contribution is -2.26. The largest absolute Gasteiger partial charge is 0.487 e. The summed E-state index contributed by atoms with van der Waals surface area (Å²) in [6.45, 7) is 2.74. The minimum atomic E-state index is 0.535. The van der Waals surface area contributed by atoms with Gasteiger partial charge in [0.1, 0.15) is 12.4 Å². The Hall–Kier alpha value is -1.04. The van der Waals surface area contributed by atoms with Gasteiger partial charge in [0, 0.05) is 16.2 Å². The van der Waals surface area contributed by atoms with E-state index in [1.54, 1.807) is 11.3 Å². The van der Waals surface area contributed by atoms with Crippen LogP contribution in [0.5, 0.6) is 5.75 Å². The molecule has 1 aliphatic heterocycles. The van der Waals surface area contributed by atoms with E-state index in [1.807, 2.05) is 24.3 Å². The van der Waals surface area contributed by atoms with Crippen molar-refractivity contribution in [1.29, 1.82) is 0 Å². The van der Waals surface area contributed by atoms with Crippen LogP contribution in [0.3, 0.4) is 0 Å². The summed E-state index contributed by atoms with van der Waals surface area (Å²) in [6, 6.07) is 7.73. The summed E-state index contributed by atoms with van der Waals surface area (Å²) >= 11 is 6.02. The van der Waals surface area contributed by atoms with Crippen molar-refractivity contribution in [2.45, 2.75) is 30.3 Å². The summed E-state index contributed by atoms with van der Waals surface area (Å²) in [4.78, 5) is 5.66. The van der Waals surface area contributed by atoms with E-state index >= 15 is 0 Å². The number of thiazole rings is 1. The van der Waals surface area contributed by atoms with Gasteiger partial charge in [0.25, 0.3) is 0 Å². The lowest BCUT2D eigenvalue weighted by molar-refractivity contribution is 0.301. The summed E-state index contributed by atoms with van der Waals surface area (Å²) < 4.78 is 5.75. The number of piperidine rings is 1. The molecule has 2 heterocycles. The summed E-state index contributed by atoms with van der Waals surface area (Å²) in [7, 11) is 0. The SMILES string of the molecule is Sc1ccc(OCc2csc(C3CCNCC3)n2)cc1. The molecule has 0 radical (unpaired) electrons. The van der Waals surface area contributed by atoms with Gasteiger partial charge in [0.2, 0.25) is 0 Å². The predicted octanol–water partition coefficient (Wildman–Crippen LogP) is 3.48. The van der Waals surface area contributed by atoms with E-state index in [0.717, 1.165) is 29.4 Å². The number of thiol groups is 1. The van der Waals surface area contributed by atoms with Crippen molar-refractivity contribution < 1.29 is 4.74 Å². The molecule has 0 bridgehead atoms. The van der Waals surface area contributed by atoms with Gasteiger partial charge in [0.05, 0.1) is 10.7 Å². The van der Waals surface area contributed by atoms with Gasteiger partial charge in [-0.2, -0.15) is 0 Å². The molecule has 0 atom stereocenters. The second-order valence-corrected chi connectivity index (χ2v) is 6.39. The fourth-order valence-electron chi connectivity index (χ4n) is 2.34. The molecule has 5 heteroatoms. The van der Waals surface area contributed by atoms with Gasteiger partial charge in [-0.25, -0.2) is 4.98 Å². The standard InChI is InChI=1S/C15H18N2OS2/c19-14-3-1-13(2-4-14)18-9-12-10-20-15(17-12)11-5-7-16-8-6-11/h1-4,10-11,16,19H,5-9H2. The Bertz CT molecular complexity index is 547. The summed E-state index contributed by atoms with van der Waals surface area (Å²) in [5, 5.41) is 6.76. The first kappa shape index (κ1) is 13.9. The Kier molecular flexibility index (Phi) is 4.60. The molecule has 1 aromatic heterocycles. The van der Waals surface area contributed by atoms with Crippen LogP contribution in [0.25, 0.3) is 0 Å². The second-order valence-electron chi connectivity index (χ2n) is 4.98. The predicted molar refractivity (Wildman–Crippen MR) is 85.0 cm³/mol. The smallest absolute Gasteiger partial charge is 0.131 e. The Balaban J connectivity index is 1.58. The number of nitrogens with one attached hydrogen (secondary N) is 1. The van der Waals surface area contributed by atoms with Crippen LogP contribution in [-0.4, -0.2) is 18.1 Å². The number of rotatable bonds is 4. The number of hydrogen-bond acceptors (Lipinski definition) is 5. The Morgan fingerprint density at radius 2 is 2.00 bits per heavy atom. The summed E-state index contributed by atoms with van der Waals surface area (Å²) in [6.07, 6.45) is 2.38. The molecule has 0 unspecified atom stereocenters. The fourth-order valence-corrected chi connectivity index (χ4v) is 3.47. The lowest BCUT2D eigenvalue weighted by atomic mass is 9.99. The van der Waals surface area contributed by atoms with Crippen molar-refractivity contribution in [3.63, 3.8) is 0 Å². The topological polar surface area (TPSA) is 34.1 Å². The molecular formula is C15H18N2OS2. The molecule has 2 aromatic rings. The molecule has 0 spiro atoms. The molecule has 1 aromatic carbocycles. The van der Waals surface area contributed by atoms with E-state index in [0.29, 0.717) is 12.5 Å². The fraction of sp³-hybridized carbons (Fsp3) is 0.400. The van der Waals surface area contributed by atoms with Gasteiger partial charge in [-0.15, -0.1) is 24.0 Å².